The minimum Gasteiger partial charge on any atom is -0.467 e. The lowest BCUT2D eigenvalue weighted by atomic mass is 9.97. The summed E-state index contributed by atoms with van der Waals surface area (Å²) in [5.41, 5.74) is 6.13. The first-order chi connectivity index (χ1) is 28.0. The number of alkyl carbamates (subject to hydrolysis) is 1. The van der Waals surface area contributed by atoms with Crippen molar-refractivity contribution in [2.24, 2.45) is 17.8 Å². The van der Waals surface area contributed by atoms with Crippen LogP contribution in [0, 0.1) is 17.8 Å². The maximum Gasteiger partial charge on any atom is 0.408 e. The highest BCUT2D eigenvalue weighted by atomic mass is 16.5. The van der Waals surface area contributed by atoms with E-state index in [0.29, 0.717) is 6.42 Å². The Labute approximate surface area is 345 Å². The van der Waals surface area contributed by atoms with Crippen LogP contribution in [0.25, 0.3) is 10.8 Å². The molecule has 16 nitrogen and oxygen atoms in total. The number of hydrazine groups is 1. The van der Waals surface area contributed by atoms with E-state index in [-0.39, 0.29) is 37.2 Å². The standard InChI is InChI=1S/C43H59N7O9/c1-9-27(6)36(40(54)47-35(26(4)5)41(55)58-8)48-42(56)50-49-39(53)34(23-31-20-15-19-30-18-13-14-21-32(30)31)46-38(52)33(22-25(2)3)45-37(51)28(7)44-43(57)59-24-29-16-11-10-12-17-29/h10-21,25-28,33-36H,9,22-24H2,1-8H3,(H,44,57)(H,45,51)(H,46,52)(H,47,54)(H,49,53)(H2,48,50,56)/t27-,28-,33-,34-,35-,36-/m0/s1. The van der Waals surface area contributed by atoms with Gasteiger partial charge in [0.15, 0.2) is 0 Å². The van der Waals surface area contributed by atoms with E-state index in [2.05, 4.69) is 37.4 Å². The lowest BCUT2D eigenvalue weighted by Crippen LogP contribution is -2.61. The number of amides is 7. The molecule has 0 spiro atoms. The highest BCUT2D eigenvalue weighted by Crippen LogP contribution is 2.20. The summed E-state index contributed by atoms with van der Waals surface area (Å²) in [4.78, 5) is 92.4. The molecular weight excluding hydrogens is 759 g/mol. The van der Waals surface area contributed by atoms with Crippen LogP contribution in [0.2, 0.25) is 0 Å². The maximum absolute atomic E-state index is 14.0. The molecular formula is C43H59N7O9. The van der Waals surface area contributed by atoms with Crippen molar-refractivity contribution in [2.45, 2.75) is 105 Å². The van der Waals surface area contributed by atoms with Crippen LogP contribution in [0.3, 0.4) is 0 Å². The number of urea groups is 1. The van der Waals surface area contributed by atoms with Gasteiger partial charge < -0.3 is 36.1 Å². The number of esters is 1. The van der Waals surface area contributed by atoms with E-state index >= 15 is 0 Å². The number of hydrogen-bond donors (Lipinski definition) is 7. The van der Waals surface area contributed by atoms with Crippen molar-refractivity contribution < 1.29 is 43.0 Å². The molecule has 7 N–H and O–H groups in total. The fraction of sp³-hybridized carbons (Fsp3) is 0.465. The molecule has 3 rings (SSSR count). The number of nitrogens with one attached hydrogen (secondary N) is 7. The predicted octanol–water partition coefficient (Wildman–Crippen LogP) is 3.77. The molecule has 59 heavy (non-hydrogen) atoms. The SMILES string of the molecule is CC[C@H](C)[C@H](NC(=O)NNC(=O)[C@H](Cc1cccc2ccccc12)NC(=O)[C@H](CC(C)C)NC(=O)[C@H](C)NC(=O)OCc1ccccc1)C(=O)N[C@H](C(=O)OC)C(C)C. The van der Waals surface area contributed by atoms with Crippen LogP contribution < -0.4 is 37.4 Å². The third-order valence-corrected chi connectivity index (χ3v) is 9.72. The van der Waals surface area contributed by atoms with Gasteiger partial charge in [-0.15, -0.1) is 0 Å². The number of ether oxygens (including phenoxy) is 2. The normalized spacial score (nSPS) is 14.1. The van der Waals surface area contributed by atoms with Crippen LogP contribution in [-0.4, -0.2) is 79.0 Å². The number of benzene rings is 3. The summed E-state index contributed by atoms with van der Waals surface area (Å²) in [6, 6.07) is 15.7. The smallest absolute Gasteiger partial charge is 0.408 e. The van der Waals surface area contributed by atoms with E-state index in [1.807, 2.05) is 69.3 Å². The molecule has 6 atom stereocenters. The summed E-state index contributed by atoms with van der Waals surface area (Å²) >= 11 is 0. The van der Waals surface area contributed by atoms with Crippen molar-refractivity contribution in [3.05, 3.63) is 83.9 Å². The number of methoxy groups -OCH3 is 1. The van der Waals surface area contributed by atoms with E-state index in [0.717, 1.165) is 21.9 Å². The van der Waals surface area contributed by atoms with E-state index < -0.39 is 71.9 Å². The molecule has 0 aliphatic carbocycles. The summed E-state index contributed by atoms with van der Waals surface area (Å²) in [6.45, 7) is 12.3. The molecule has 7 amide bonds. The monoisotopic (exact) mass is 817 g/mol. The van der Waals surface area contributed by atoms with Gasteiger partial charge in [0.2, 0.25) is 17.7 Å². The summed E-state index contributed by atoms with van der Waals surface area (Å²) in [5.74, 6) is -4.09. The Morgan fingerprint density at radius 1 is 0.627 bits per heavy atom. The predicted molar refractivity (Wildman–Crippen MR) is 222 cm³/mol. The second kappa shape index (κ2) is 23.3. The second-order valence-electron chi connectivity index (χ2n) is 15.2. The molecule has 0 radical (unpaired) electrons. The van der Waals surface area contributed by atoms with Crippen molar-refractivity contribution in [1.82, 2.24) is 37.4 Å². The first-order valence-electron chi connectivity index (χ1n) is 19.8. The lowest BCUT2D eigenvalue weighted by Gasteiger charge is -2.27. The van der Waals surface area contributed by atoms with E-state index in [9.17, 15) is 33.6 Å². The maximum atomic E-state index is 14.0. The van der Waals surface area contributed by atoms with Crippen LogP contribution in [0.1, 0.15) is 72.4 Å². The Balaban J connectivity index is 1.77. The van der Waals surface area contributed by atoms with E-state index in [4.69, 9.17) is 9.47 Å². The Hall–Kier alpha value is -6.19. The molecule has 0 saturated heterocycles. The van der Waals surface area contributed by atoms with Crippen LogP contribution >= 0.6 is 0 Å². The zero-order valence-electron chi connectivity index (χ0n) is 35.0. The fourth-order valence-corrected chi connectivity index (χ4v) is 6.13. The molecule has 0 bridgehead atoms. The Bertz CT molecular complexity index is 1900. The van der Waals surface area contributed by atoms with Gasteiger partial charge in [-0.25, -0.2) is 19.8 Å². The van der Waals surface area contributed by atoms with E-state index in [1.165, 1.54) is 14.0 Å². The zero-order chi connectivity index (χ0) is 43.6. The van der Waals surface area contributed by atoms with Crippen LogP contribution in [-0.2, 0) is 46.5 Å². The summed E-state index contributed by atoms with van der Waals surface area (Å²) < 4.78 is 10.1. The van der Waals surface area contributed by atoms with Gasteiger partial charge in [-0.1, -0.05) is 121 Å². The number of carbonyl (C=O) groups excluding carboxylic acids is 7. The highest BCUT2D eigenvalue weighted by Gasteiger charge is 2.33. The third kappa shape index (κ3) is 14.9. The van der Waals surface area contributed by atoms with Crippen molar-refractivity contribution in [1.29, 1.82) is 0 Å². The van der Waals surface area contributed by atoms with Crippen molar-refractivity contribution >= 4 is 52.5 Å². The van der Waals surface area contributed by atoms with Gasteiger partial charge in [-0.05, 0) is 53.0 Å². The Morgan fingerprint density at radius 2 is 1.27 bits per heavy atom. The minimum absolute atomic E-state index is 0.000394. The molecule has 0 aliphatic rings. The molecule has 16 heteroatoms. The molecule has 320 valence electrons. The van der Waals surface area contributed by atoms with Gasteiger partial charge in [0.05, 0.1) is 7.11 Å². The van der Waals surface area contributed by atoms with Crippen LogP contribution in [0.5, 0.6) is 0 Å². The largest absolute Gasteiger partial charge is 0.467 e. The first-order valence-corrected chi connectivity index (χ1v) is 19.8. The molecule has 3 aromatic rings. The molecule has 0 unspecified atom stereocenters. The zero-order valence-corrected chi connectivity index (χ0v) is 35.0. The number of fused-ring (bicyclic) bond motifs is 1. The molecule has 0 aliphatic heterocycles. The Morgan fingerprint density at radius 3 is 1.92 bits per heavy atom. The van der Waals surface area contributed by atoms with Gasteiger partial charge >= 0.3 is 18.1 Å². The first kappa shape index (κ1) is 47.2. The number of carbonyl (C=O) groups is 7. The molecule has 0 aromatic heterocycles. The quantitative estimate of drug-likeness (QED) is 0.0690. The van der Waals surface area contributed by atoms with E-state index in [1.54, 1.807) is 45.0 Å². The van der Waals surface area contributed by atoms with Crippen molar-refractivity contribution in [2.75, 3.05) is 7.11 Å². The van der Waals surface area contributed by atoms with Crippen molar-refractivity contribution in [3.63, 3.8) is 0 Å². The van der Waals surface area contributed by atoms with Gasteiger partial charge in [0.1, 0.15) is 36.8 Å². The third-order valence-electron chi connectivity index (χ3n) is 9.72. The van der Waals surface area contributed by atoms with Gasteiger partial charge in [0.25, 0.3) is 5.91 Å². The molecule has 0 fully saturated rings. The van der Waals surface area contributed by atoms with Gasteiger partial charge in [-0.3, -0.25) is 24.6 Å². The second-order valence-corrected chi connectivity index (χ2v) is 15.2. The Kier molecular flexibility index (Phi) is 18.6. The number of rotatable bonds is 19. The molecule has 0 saturated carbocycles. The lowest BCUT2D eigenvalue weighted by molar-refractivity contribution is -0.146. The fourth-order valence-electron chi connectivity index (χ4n) is 6.13. The molecule has 3 aromatic carbocycles. The summed E-state index contributed by atoms with van der Waals surface area (Å²) in [7, 11) is 1.22. The topological polar surface area (TPSA) is 222 Å². The van der Waals surface area contributed by atoms with Crippen LogP contribution in [0.4, 0.5) is 9.59 Å². The highest BCUT2D eigenvalue weighted by molar-refractivity contribution is 5.95. The van der Waals surface area contributed by atoms with Crippen molar-refractivity contribution in [3.8, 4) is 0 Å². The average molecular weight is 818 g/mol. The van der Waals surface area contributed by atoms with Crippen LogP contribution in [0.15, 0.2) is 72.8 Å². The van der Waals surface area contributed by atoms with Gasteiger partial charge in [-0.2, -0.15) is 0 Å². The van der Waals surface area contributed by atoms with Gasteiger partial charge in [0, 0.05) is 6.42 Å². The number of hydrogen-bond acceptors (Lipinski definition) is 9. The molecule has 0 heterocycles. The minimum atomic E-state index is -1.26. The average Bonchev–Trinajstić information content (AvgIpc) is 3.21. The summed E-state index contributed by atoms with van der Waals surface area (Å²) in [5, 5.41) is 14.9. The summed E-state index contributed by atoms with van der Waals surface area (Å²) in [6.07, 6.45) is -0.131.